The van der Waals surface area contributed by atoms with Gasteiger partial charge in [-0.3, -0.25) is 0 Å². The number of hydrogen-bond acceptors (Lipinski definition) is 0. The Bertz CT molecular complexity index is 278. The van der Waals surface area contributed by atoms with Gasteiger partial charge in [0, 0.05) is 5.92 Å². The second-order valence-electron chi connectivity index (χ2n) is 5.60. The van der Waals surface area contributed by atoms with E-state index in [4.69, 9.17) is 0 Å². The van der Waals surface area contributed by atoms with E-state index in [-0.39, 0.29) is 0 Å². The van der Waals surface area contributed by atoms with E-state index in [2.05, 4.69) is 45.6 Å². The zero-order valence-electron chi connectivity index (χ0n) is 11.1. The lowest BCUT2D eigenvalue weighted by atomic mass is 9.68. The standard InChI is InChI=1S/C16H26/c1-5-6-7-8-9-12-15-14(2)11-10-13-16(15,3)4/h5,9,11-12,15H,1,6-8,10,13H2,2-4H3/b12-9+. The summed E-state index contributed by atoms with van der Waals surface area (Å²) in [6.45, 7) is 10.8. The SMILES string of the molecule is C=CCCC/C=C/C1C(C)=CCCC1(C)C. The van der Waals surface area contributed by atoms with Gasteiger partial charge >= 0.3 is 0 Å². The molecular weight excluding hydrogens is 192 g/mol. The van der Waals surface area contributed by atoms with Crippen molar-refractivity contribution in [3.05, 3.63) is 36.5 Å². The minimum atomic E-state index is 0.438. The highest BCUT2D eigenvalue weighted by Crippen LogP contribution is 2.41. The van der Waals surface area contributed by atoms with Crippen LogP contribution in [0.5, 0.6) is 0 Å². The fourth-order valence-electron chi connectivity index (χ4n) is 2.60. The Morgan fingerprint density at radius 1 is 1.44 bits per heavy atom. The fourth-order valence-corrected chi connectivity index (χ4v) is 2.60. The highest BCUT2D eigenvalue weighted by molar-refractivity contribution is 5.18. The van der Waals surface area contributed by atoms with Crippen LogP contribution in [0.2, 0.25) is 0 Å². The van der Waals surface area contributed by atoms with Crippen LogP contribution in [0, 0.1) is 11.3 Å². The molecule has 0 nitrogen and oxygen atoms in total. The Labute approximate surface area is 101 Å². The van der Waals surface area contributed by atoms with Crippen LogP contribution in [0.15, 0.2) is 36.5 Å². The van der Waals surface area contributed by atoms with E-state index in [1.807, 2.05) is 6.08 Å². The maximum atomic E-state index is 3.75. The quantitative estimate of drug-likeness (QED) is 0.435. The van der Waals surface area contributed by atoms with Crippen molar-refractivity contribution in [1.82, 2.24) is 0 Å². The Balaban J connectivity index is 2.52. The summed E-state index contributed by atoms with van der Waals surface area (Å²) in [5, 5.41) is 0. The van der Waals surface area contributed by atoms with Crippen LogP contribution in [0.1, 0.15) is 52.9 Å². The van der Waals surface area contributed by atoms with Gasteiger partial charge in [-0.2, -0.15) is 0 Å². The van der Waals surface area contributed by atoms with Crippen molar-refractivity contribution in [3.8, 4) is 0 Å². The van der Waals surface area contributed by atoms with Crippen LogP contribution in [0.4, 0.5) is 0 Å². The molecule has 0 N–H and O–H groups in total. The predicted molar refractivity (Wildman–Crippen MR) is 73.5 cm³/mol. The third-order valence-electron chi connectivity index (χ3n) is 3.70. The topological polar surface area (TPSA) is 0 Å². The molecule has 0 aromatic rings. The van der Waals surface area contributed by atoms with Crippen molar-refractivity contribution in [3.63, 3.8) is 0 Å². The second-order valence-corrected chi connectivity index (χ2v) is 5.60. The molecular formula is C16H26. The molecule has 0 aromatic carbocycles. The first-order chi connectivity index (χ1) is 7.58. The molecule has 0 aliphatic heterocycles. The zero-order chi connectivity index (χ0) is 12.0. The first-order valence-electron chi connectivity index (χ1n) is 6.52. The van der Waals surface area contributed by atoms with Crippen molar-refractivity contribution in [2.24, 2.45) is 11.3 Å². The summed E-state index contributed by atoms with van der Waals surface area (Å²) < 4.78 is 0. The average Bonchev–Trinajstić information content (AvgIpc) is 2.21. The van der Waals surface area contributed by atoms with E-state index in [1.165, 1.54) is 25.7 Å². The first kappa shape index (κ1) is 13.3. The van der Waals surface area contributed by atoms with Crippen LogP contribution in [-0.4, -0.2) is 0 Å². The third kappa shape index (κ3) is 3.66. The van der Waals surface area contributed by atoms with Gasteiger partial charge in [0.1, 0.15) is 0 Å². The van der Waals surface area contributed by atoms with E-state index in [1.54, 1.807) is 5.57 Å². The lowest BCUT2D eigenvalue weighted by molar-refractivity contribution is 0.255. The Kier molecular flexibility index (Phi) is 5.05. The Morgan fingerprint density at radius 2 is 2.19 bits per heavy atom. The minimum Gasteiger partial charge on any atom is -0.103 e. The molecule has 0 spiro atoms. The second kappa shape index (κ2) is 6.08. The van der Waals surface area contributed by atoms with Crippen LogP contribution in [-0.2, 0) is 0 Å². The van der Waals surface area contributed by atoms with Gasteiger partial charge < -0.3 is 0 Å². The lowest BCUT2D eigenvalue weighted by Crippen LogP contribution is -2.26. The van der Waals surface area contributed by atoms with E-state index >= 15 is 0 Å². The molecule has 1 unspecified atom stereocenters. The summed E-state index contributed by atoms with van der Waals surface area (Å²) in [7, 11) is 0. The molecule has 0 heteroatoms. The van der Waals surface area contributed by atoms with Gasteiger partial charge in [0.15, 0.2) is 0 Å². The van der Waals surface area contributed by atoms with Gasteiger partial charge in [-0.15, -0.1) is 6.58 Å². The maximum Gasteiger partial charge on any atom is 0.00253 e. The molecule has 1 rings (SSSR count). The Hall–Kier alpha value is -0.780. The largest absolute Gasteiger partial charge is 0.103 e. The number of hydrogen-bond donors (Lipinski definition) is 0. The van der Waals surface area contributed by atoms with E-state index < -0.39 is 0 Å². The maximum absolute atomic E-state index is 3.75. The minimum absolute atomic E-state index is 0.438. The average molecular weight is 218 g/mol. The smallest absolute Gasteiger partial charge is 0.00253 e. The highest BCUT2D eigenvalue weighted by atomic mass is 14.3. The Morgan fingerprint density at radius 3 is 2.81 bits per heavy atom. The molecule has 0 fully saturated rings. The third-order valence-corrected chi connectivity index (χ3v) is 3.70. The van der Waals surface area contributed by atoms with Gasteiger partial charge in [0.25, 0.3) is 0 Å². The number of allylic oxidation sites excluding steroid dienone is 5. The summed E-state index contributed by atoms with van der Waals surface area (Å²) in [6, 6.07) is 0. The van der Waals surface area contributed by atoms with E-state index in [0.717, 1.165) is 6.42 Å². The number of unbranched alkanes of at least 4 members (excludes halogenated alkanes) is 2. The summed E-state index contributed by atoms with van der Waals surface area (Å²) in [4.78, 5) is 0. The molecule has 0 bridgehead atoms. The molecule has 0 amide bonds. The molecule has 0 heterocycles. The van der Waals surface area contributed by atoms with E-state index in [9.17, 15) is 0 Å². The molecule has 0 saturated carbocycles. The fraction of sp³-hybridized carbons (Fsp3) is 0.625. The van der Waals surface area contributed by atoms with Gasteiger partial charge in [-0.25, -0.2) is 0 Å². The van der Waals surface area contributed by atoms with Crippen LogP contribution < -0.4 is 0 Å². The molecule has 1 atom stereocenters. The van der Waals surface area contributed by atoms with Crippen molar-refractivity contribution in [2.45, 2.75) is 52.9 Å². The molecule has 1 aliphatic carbocycles. The summed E-state index contributed by atoms with van der Waals surface area (Å²) in [6.07, 6.45) is 15.3. The zero-order valence-corrected chi connectivity index (χ0v) is 11.1. The monoisotopic (exact) mass is 218 g/mol. The number of rotatable bonds is 5. The van der Waals surface area contributed by atoms with Crippen molar-refractivity contribution >= 4 is 0 Å². The summed E-state index contributed by atoms with van der Waals surface area (Å²) in [5.74, 6) is 0.644. The van der Waals surface area contributed by atoms with Crippen LogP contribution >= 0.6 is 0 Å². The lowest BCUT2D eigenvalue weighted by Gasteiger charge is -2.36. The molecule has 16 heavy (non-hydrogen) atoms. The molecule has 0 aromatic heterocycles. The predicted octanol–water partition coefficient (Wildman–Crippen LogP) is 5.28. The van der Waals surface area contributed by atoms with Crippen molar-refractivity contribution in [1.29, 1.82) is 0 Å². The molecule has 0 radical (unpaired) electrons. The van der Waals surface area contributed by atoms with Gasteiger partial charge in [-0.05, 0) is 44.4 Å². The first-order valence-corrected chi connectivity index (χ1v) is 6.52. The summed E-state index contributed by atoms with van der Waals surface area (Å²) in [5.41, 5.74) is 1.99. The van der Waals surface area contributed by atoms with Crippen LogP contribution in [0.3, 0.4) is 0 Å². The molecule has 90 valence electrons. The highest BCUT2D eigenvalue weighted by Gasteiger charge is 2.30. The van der Waals surface area contributed by atoms with Gasteiger partial charge in [0.2, 0.25) is 0 Å². The normalized spacial score (nSPS) is 24.4. The van der Waals surface area contributed by atoms with Crippen LogP contribution in [0.25, 0.3) is 0 Å². The van der Waals surface area contributed by atoms with E-state index in [0.29, 0.717) is 11.3 Å². The van der Waals surface area contributed by atoms with Gasteiger partial charge in [-0.1, -0.05) is 43.7 Å². The molecule has 0 saturated heterocycles. The van der Waals surface area contributed by atoms with Crippen molar-refractivity contribution in [2.75, 3.05) is 0 Å². The summed E-state index contributed by atoms with van der Waals surface area (Å²) >= 11 is 0. The van der Waals surface area contributed by atoms with Crippen molar-refractivity contribution < 1.29 is 0 Å². The van der Waals surface area contributed by atoms with Gasteiger partial charge in [0.05, 0.1) is 0 Å². The molecule has 1 aliphatic rings.